The normalized spacial score (nSPS) is 14.0. The number of rotatable bonds is 11. The number of aliphatic hydroxyl groups is 1. The van der Waals surface area contributed by atoms with Crippen molar-refractivity contribution in [1.29, 1.82) is 0 Å². The van der Waals surface area contributed by atoms with Gasteiger partial charge < -0.3 is 19.9 Å². The van der Waals surface area contributed by atoms with E-state index < -0.39 is 33.9 Å². The first kappa shape index (κ1) is 28.6. The maximum atomic E-state index is 13.5. The minimum atomic E-state index is -3.94. The van der Waals surface area contributed by atoms with Crippen LogP contribution in [0.2, 0.25) is 0 Å². The van der Waals surface area contributed by atoms with E-state index in [1.807, 2.05) is 44.2 Å². The molecule has 0 aliphatic carbocycles. The summed E-state index contributed by atoms with van der Waals surface area (Å²) in [6.45, 7) is 9.05. The van der Waals surface area contributed by atoms with Crippen LogP contribution in [-0.2, 0) is 21.2 Å². The minimum Gasteiger partial charge on any atom is -0.497 e. The number of amides is 1. The highest BCUT2D eigenvalue weighted by molar-refractivity contribution is 7.89. The van der Waals surface area contributed by atoms with Gasteiger partial charge in [-0.15, -0.1) is 0 Å². The van der Waals surface area contributed by atoms with Crippen LogP contribution >= 0.6 is 0 Å². The standard InChI is InChI=1S/C26H38N2O6S/c1-19(2)17-28(35(31,32)22-14-10-13-21(16-22)33-6)18-24(29)23(15-20-11-8-7-9-12-20)27-25(30)34-26(3,4)5/h7-14,16,19,23-24,29H,15,17-18H2,1-6H3,(H,27,30)/t23-,24-/m0/s1. The van der Waals surface area contributed by atoms with Gasteiger partial charge in [0, 0.05) is 19.2 Å². The van der Waals surface area contributed by atoms with Crippen LogP contribution in [0, 0.1) is 5.92 Å². The van der Waals surface area contributed by atoms with Crippen LogP contribution in [0.4, 0.5) is 4.79 Å². The molecule has 2 aromatic carbocycles. The topological polar surface area (TPSA) is 105 Å². The molecule has 8 nitrogen and oxygen atoms in total. The fourth-order valence-corrected chi connectivity index (χ4v) is 5.19. The number of nitrogens with zero attached hydrogens (tertiary/aromatic N) is 1. The van der Waals surface area contributed by atoms with Crippen molar-refractivity contribution in [3.8, 4) is 5.75 Å². The van der Waals surface area contributed by atoms with Gasteiger partial charge >= 0.3 is 6.09 Å². The van der Waals surface area contributed by atoms with Crippen molar-refractivity contribution >= 4 is 16.1 Å². The molecule has 0 aromatic heterocycles. The molecule has 194 valence electrons. The molecule has 2 N–H and O–H groups in total. The lowest BCUT2D eigenvalue weighted by molar-refractivity contribution is 0.0400. The second kappa shape index (κ2) is 12.4. The van der Waals surface area contributed by atoms with E-state index in [9.17, 15) is 18.3 Å². The van der Waals surface area contributed by atoms with E-state index in [-0.39, 0.29) is 23.9 Å². The summed E-state index contributed by atoms with van der Waals surface area (Å²) < 4.78 is 38.8. The van der Waals surface area contributed by atoms with Gasteiger partial charge in [0.15, 0.2) is 0 Å². The zero-order valence-electron chi connectivity index (χ0n) is 21.4. The SMILES string of the molecule is COc1cccc(S(=O)(=O)N(CC(C)C)C[C@H](O)[C@H](Cc2ccccc2)NC(=O)OC(C)(C)C)c1. The Morgan fingerprint density at radius 1 is 1.06 bits per heavy atom. The molecule has 0 saturated carbocycles. The molecule has 0 spiro atoms. The summed E-state index contributed by atoms with van der Waals surface area (Å²) in [5, 5.41) is 13.9. The molecule has 0 unspecified atom stereocenters. The molecule has 2 aromatic rings. The number of hydrogen-bond donors (Lipinski definition) is 2. The number of carbonyl (C=O) groups excluding carboxylic acids is 1. The number of sulfonamides is 1. The van der Waals surface area contributed by atoms with Gasteiger partial charge in [0.2, 0.25) is 10.0 Å². The van der Waals surface area contributed by atoms with E-state index in [0.717, 1.165) is 5.56 Å². The maximum absolute atomic E-state index is 13.5. The fourth-order valence-electron chi connectivity index (χ4n) is 3.53. The predicted molar refractivity (Wildman–Crippen MR) is 136 cm³/mol. The summed E-state index contributed by atoms with van der Waals surface area (Å²) >= 11 is 0. The van der Waals surface area contributed by atoms with Crippen molar-refractivity contribution in [2.24, 2.45) is 5.92 Å². The summed E-state index contributed by atoms with van der Waals surface area (Å²) in [4.78, 5) is 12.6. The summed E-state index contributed by atoms with van der Waals surface area (Å²) in [6.07, 6.45) is -1.57. The highest BCUT2D eigenvalue weighted by Crippen LogP contribution is 2.23. The van der Waals surface area contributed by atoms with Gasteiger partial charge in [0.25, 0.3) is 0 Å². The van der Waals surface area contributed by atoms with Crippen LogP contribution in [0.25, 0.3) is 0 Å². The second-order valence-electron chi connectivity index (χ2n) is 9.90. The van der Waals surface area contributed by atoms with Gasteiger partial charge in [-0.2, -0.15) is 4.31 Å². The molecule has 0 bridgehead atoms. The summed E-state index contributed by atoms with van der Waals surface area (Å²) in [5.41, 5.74) is 0.171. The molecule has 9 heteroatoms. The lowest BCUT2D eigenvalue weighted by Crippen LogP contribution is -2.51. The van der Waals surface area contributed by atoms with Gasteiger partial charge in [0.05, 0.1) is 24.2 Å². The van der Waals surface area contributed by atoms with Crippen molar-refractivity contribution in [2.75, 3.05) is 20.2 Å². The average molecular weight is 507 g/mol. The molecule has 0 heterocycles. The Morgan fingerprint density at radius 2 is 1.71 bits per heavy atom. The zero-order valence-corrected chi connectivity index (χ0v) is 22.2. The number of hydrogen-bond acceptors (Lipinski definition) is 6. The monoisotopic (exact) mass is 506 g/mol. The van der Waals surface area contributed by atoms with Gasteiger partial charge in [-0.25, -0.2) is 13.2 Å². The molecule has 0 aliphatic rings. The number of aliphatic hydroxyl groups excluding tert-OH is 1. The van der Waals surface area contributed by atoms with E-state index in [1.165, 1.54) is 23.5 Å². The van der Waals surface area contributed by atoms with E-state index in [1.54, 1.807) is 32.9 Å². The lowest BCUT2D eigenvalue weighted by Gasteiger charge is -2.31. The third-order valence-corrected chi connectivity index (χ3v) is 6.93. The number of methoxy groups -OCH3 is 1. The third kappa shape index (κ3) is 9.16. The molecule has 0 fully saturated rings. The van der Waals surface area contributed by atoms with Crippen molar-refractivity contribution in [3.63, 3.8) is 0 Å². The van der Waals surface area contributed by atoms with E-state index in [4.69, 9.17) is 9.47 Å². The number of benzene rings is 2. The smallest absolute Gasteiger partial charge is 0.407 e. The molecule has 1 amide bonds. The Bertz CT molecular complexity index is 1050. The largest absolute Gasteiger partial charge is 0.497 e. The summed E-state index contributed by atoms with van der Waals surface area (Å²) in [7, 11) is -2.47. The van der Waals surface area contributed by atoms with Crippen LogP contribution in [0.1, 0.15) is 40.2 Å². The summed E-state index contributed by atoms with van der Waals surface area (Å²) in [6, 6.07) is 14.8. The van der Waals surface area contributed by atoms with E-state index in [2.05, 4.69) is 5.32 Å². The Balaban J connectivity index is 2.33. The van der Waals surface area contributed by atoms with Gasteiger partial charge in [-0.05, 0) is 50.8 Å². The first-order valence-corrected chi connectivity index (χ1v) is 13.1. The minimum absolute atomic E-state index is 0.00831. The molecular formula is C26H38N2O6S. The van der Waals surface area contributed by atoms with Crippen molar-refractivity contribution in [1.82, 2.24) is 9.62 Å². The Morgan fingerprint density at radius 3 is 2.29 bits per heavy atom. The molecular weight excluding hydrogens is 468 g/mol. The van der Waals surface area contributed by atoms with Gasteiger partial charge in [-0.3, -0.25) is 0 Å². The highest BCUT2D eigenvalue weighted by Gasteiger charge is 2.32. The second-order valence-corrected chi connectivity index (χ2v) is 11.8. The number of alkyl carbamates (subject to hydrolysis) is 1. The quantitative estimate of drug-likeness (QED) is 0.480. The maximum Gasteiger partial charge on any atom is 0.407 e. The molecule has 2 rings (SSSR count). The molecule has 0 radical (unpaired) electrons. The Hall–Kier alpha value is -2.62. The number of nitrogens with one attached hydrogen (secondary N) is 1. The Kier molecular flexibility index (Phi) is 10.1. The highest BCUT2D eigenvalue weighted by atomic mass is 32.2. The van der Waals surface area contributed by atoms with Crippen molar-refractivity contribution in [3.05, 3.63) is 60.2 Å². The fraction of sp³-hybridized carbons (Fsp3) is 0.500. The van der Waals surface area contributed by atoms with Crippen LogP contribution in [0.3, 0.4) is 0 Å². The molecule has 0 aliphatic heterocycles. The van der Waals surface area contributed by atoms with Gasteiger partial charge in [0.1, 0.15) is 11.4 Å². The zero-order chi connectivity index (χ0) is 26.2. The number of carbonyl (C=O) groups is 1. The van der Waals surface area contributed by atoms with Crippen LogP contribution in [0.5, 0.6) is 5.75 Å². The molecule has 35 heavy (non-hydrogen) atoms. The van der Waals surface area contributed by atoms with Crippen molar-refractivity contribution in [2.45, 2.75) is 63.7 Å². The first-order chi connectivity index (χ1) is 16.3. The average Bonchev–Trinajstić information content (AvgIpc) is 2.77. The van der Waals surface area contributed by atoms with Crippen LogP contribution < -0.4 is 10.1 Å². The first-order valence-electron chi connectivity index (χ1n) is 11.7. The van der Waals surface area contributed by atoms with Crippen LogP contribution in [0.15, 0.2) is 59.5 Å². The van der Waals surface area contributed by atoms with Crippen molar-refractivity contribution < 1.29 is 27.8 Å². The van der Waals surface area contributed by atoms with Crippen LogP contribution in [-0.4, -0.2) is 61.9 Å². The van der Waals surface area contributed by atoms with Gasteiger partial charge in [-0.1, -0.05) is 50.2 Å². The summed E-state index contributed by atoms with van der Waals surface area (Å²) in [5.74, 6) is 0.429. The Labute approximate surface area is 209 Å². The number of ether oxygens (including phenoxy) is 2. The van der Waals surface area contributed by atoms with E-state index >= 15 is 0 Å². The van der Waals surface area contributed by atoms with E-state index in [0.29, 0.717) is 12.2 Å². The molecule has 2 atom stereocenters. The lowest BCUT2D eigenvalue weighted by atomic mass is 10.0. The predicted octanol–water partition coefficient (Wildman–Crippen LogP) is 3.84. The third-order valence-electron chi connectivity index (χ3n) is 5.10. The molecule has 0 saturated heterocycles.